The van der Waals surface area contributed by atoms with Crippen molar-refractivity contribution >= 4 is 5.82 Å². The molecule has 3 unspecified atom stereocenters. The molecule has 6 nitrogen and oxygen atoms in total. The molecule has 0 spiro atoms. The fourth-order valence-electron chi connectivity index (χ4n) is 4.40. The molecule has 3 atom stereocenters. The second-order valence-electron chi connectivity index (χ2n) is 7.43. The maximum atomic E-state index is 5.94. The summed E-state index contributed by atoms with van der Waals surface area (Å²) in [6.07, 6.45) is 5.56. The number of nitrogens with two attached hydrogens (primary N) is 1. The van der Waals surface area contributed by atoms with Crippen LogP contribution < -0.4 is 21.3 Å². The van der Waals surface area contributed by atoms with Crippen LogP contribution in [0.2, 0.25) is 0 Å². The van der Waals surface area contributed by atoms with Gasteiger partial charge in [0.25, 0.3) is 0 Å². The summed E-state index contributed by atoms with van der Waals surface area (Å²) >= 11 is 0. The molecular formula is C21H29N5O. The first-order chi connectivity index (χ1) is 13.3. The van der Waals surface area contributed by atoms with Crippen LogP contribution in [0.1, 0.15) is 30.7 Å². The van der Waals surface area contributed by atoms with E-state index in [4.69, 9.17) is 10.5 Å². The predicted molar refractivity (Wildman–Crippen MR) is 107 cm³/mol. The van der Waals surface area contributed by atoms with E-state index in [1.165, 1.54) is 24.8 Å². The number of hydrogen-bond donors (Lipinski definition) is 3. The van der Waals surface area contributed by atoms with Crippen molar-refractivity contribution in [3.8, 4) is 5.75 Å². The second-order valence-corrected chi connectivity index (χ2v) is 7.43. The van der Waals surface area contributed by atoms with Gasteiger partial charge in [-0.3, -0.25) is 15.8 Å². The van der Waals surface area contributed by atoms with E-state index in [1.54, 1.807) is 0 Å². The molecule has 4 rings (SSSR count). The highest BCUT2D eigenvalue weighted by Gasteiger charge is 2.38. The largest absolute Gasteiger partial charge is 0.492 e. The monoisotopic (exact) mass is 367 g/mol. The van der Waals surface area contributed by atoms with Gasteiger partial charge >= 0.3 is 0 Å². The summed E-state index contributed by atoms with van der Waals surface area (Å²) in [5.74, 6) is 1.93. The maximum absolute atomic E-state index is 5.94. The Morgan fingerprint density at radius 3 is 2.93 bits per heavy atom. The average Bonchev–Trinajstić information content (AvgIpc) is 3.19. The first-order valence-corrected chi connectivity index (χ1v) is 9.93. The van der Waals surface area contributed by atoms with Crippen molar-refractivity contribution in [1.29, 1.82) is 0 Å². The number of nitrogen functional groups attached to an aromatic ring is 1. The van der Waals surface area contributed by atoms with Gasteiger partial charge in [0.15, 0.2) is 0 Å². The van der Waals surface area contributed by atoms with Crippen LogP contribution in [0.25, 0.3) is 0 Å². The van der Waals surface area contributed by atoms with Gasteiger partial charge < -0.3 is 10.5 Å². The number of nitrogens with zero attached hydrogens (tertiary/aromatic N) is 2. The van der Waals surface area contributed by atoms with E-state index in [0.717, 1.165) is 25.4 Å². The number of hydrazine groups is 1. The minimum Gasteiger partial charge on any atom is -0.492 e. The van der Waals surface area contributed by atoms with Crippen molar-refractivity contribution in [2.45, 2.75) is 37.3 Å². The molecule has 0 aliphatic carbocycles. The van der Waals surface area contributed by atoms with Gasteiger partial charge in [-0.1, -0.05) is 24.6 Å². The van der Waals surface area contributed by atoms with Gasteiger partial charge in [0.1, 0.15) is 18.2 Å². The second kappa shape index (κ2) is 8.69. The highest BCUT2D eigenvalue weighted by Crippen LogP contribution is 2.31. The van der Waals surface area contributed by atoms with Gasteiger partial charge in [-0.2, -0.15) is 0 Å². The number of aromatic nitrogens is 1. The van der Waals surface area contributed by atoms with Gasteiger partial charge in [0, 0.05) is 37.3 Å². The molecule has 2 saturated heterocycles. The average molecular weight is 367 g/mol. The summed E-state index contributed by atoms with van der Waals surface area (Å²) in [7, 11) is 0. The highest BCUT2D eigenvalue weighted by atomic mass is 16.5. The molecule has 4 N–H and O–H groups in total. The lowest BCUT2D eigenvalue weighted by Gasteiger charge is -2.40. The van der Waals surface area contributed by atoms with Crippen molar-refractivity contribution in [3.63, 3.8) is 0 Å². The predicted octanol–water partition coefficient (Wildman–Crippen LogP) is 2.16. The fraction of sp³-hybridized carbons (Fsp3) is 0.476. The van der Waals surface area contributed by atoms with E-state index < -0.39 is 0 Å². The summed E-state index contributed by atoms with van der Waals surface area (Å²) in [6.45, 7) is 3.71. The molecule has 2 fully saturated rings. The first-order valence-electron chi connectivity index (χ1n) is 9.93. The van der Waals surface area contributed by atoms with Crippen molar-refractivity contribution in [2.75, 3.05) is 32.0 Å². The Labute approximate surface area is 161 Å². The Morgan fingerprint density at radius 1 is 1.19 bits per heavy atom. The minimum absolute atomic E-state index is 0.365. The molecule has 1 aromatic heterocycles. The number of rotatable bonds is 6. The number of para-hydroxylation sites is 1. The van der Waals surface area contributed by atoms with Crippen LogP contribution in [-0.2, 0) is 0 Å². The zero-order valence-electron chi connectivity index (χ0n) is 15.7. The van der Waals surface area contributed by atoms with Crippen molar-refractivity contribution < 1.29 is 4.74 Å². The zero-order chi connectivity index (χ0) is 18.5. The molecular weight excluding hydrogens is 338 g/mol. The van der Waals surface area contributed by atoms with Crippen LogP contribution in [0, 0.1) is 0 Å². The lowest BCUT2D eigenvalue weighted by Crippen LogP contribution is -2.53. The molecule has 27 heavy (non-hydrogen) atoms. The Morgan fingerprint density at radius 2 is 2.07 bits per heavy atom. The normalized spacial score (nSPS) is 26.1. The molecule has 0 radical (unpaired) electrons. The number of anilines is 1. The van der Waals surface area contributed by atoms with Crippen LogP contribution in [0.3, 0.4) is 0 Å². The van der Waals surface area contributed by atoms with Gasteiger partial charge in [0.05, 0.1) is 0 Å². The molecule has 0 amide bonds. The first kappa shape index (κ1) is 18.2. The van der Waals surface area contributed by atoms with Crippen molar-refractivity contribution in [1.82, 2.24) is 20.7 Å². The smallest absolute Gasteiger partial charge is 0.123 e. The molecule has 3 heterocycles. The van der Waals surface area contributed by atoms with Crippen molar-refractivity contribution in [2.24, 2.45) is 0 Å². The minimum atomic E-state index is 0.365. The lowest BCUT2D eigenvalue weighted by atomic mass is 9.84. The molecule has 6 heteroatoms. The van der Waals surface area contributed by atoms with E-state index >= 15 is 0 Å². The molecule has 0 saturated carbocycles. The van der Waals surface area contributed by atoms with Crippen LogP contribution >= 0.6 is 0 Å². The Balaban J connectivity index is 1.41. The quantitative estimate of drug-likeness (QED) is 0.726. The third kappa shape index (κ3) is 4.40. The summed E-state index contributed by atoms with van der Waals surface area (Å²) < 4.78 is 5.94. The van der Waals surface area contributed by atoms with Crippen LogP contribution in [0.15, 0.2) is 48.7 Å². The van der Waals surface area contributed by atoms with Gasteiger partial charge in [0.2, 0.25) is 0 Å². The summed E-state index contributed by atoms with van der Waals surface area (Å²) in [6, 6.07) is 15.0. The number of likely N-dealkylation sites (tertiary alicyclic amines) is 1. The third-order valence-electron chi connectivity index (χ3n) is 5.73. The zero-order valence-corrected chi connectivity index (χ0v) is 15.7. The molecule has 144 valence electrons. The molecule has 2 aliphatic heterocycles. The topological polar surface area (TPSA) is 75.4 Å². The molecule has 1 aromatic carbocycles. The number of ether oxygens (including phenoxy) is 1. The van der Waals surface area contributed by atoms with Crippen molar-refractivity contribution in [3.05, 3.63) is 54.2 Å². The maximum Gasteiger partial charge on any atom is 0.123 e. The lowest BCUT2D eigenvalue weighted by molar-refractivity contribution is 0.0954. The molecule has 0 bridgehead atoms. The van der Waals surface area contributed by atoms with E-state index in [0.29, 0.717) is 30.4 Å². The summed E-state index contributed by atoms with van der Waals surface area (Å²) in [5.41, 5.74) is 14.1. The van der Waals surface area contributed by atoms with Gasteiger partial charge in [-0.15, -0.1) is 0 Å². The van der Waals surface area contributed by atoms with E-state index in [2.05, 4.69) is 26.8 Å². The number of hydrogen-bond acceptors (Lipinski definition) is 6. The van der Waals surface area contributed by atoms with E-state index in [-0.39, 0.29) is 0 Å². The number of benzene rings is 1. The number of piperidine rings is 1. The Hall–Kier alpha value is -2.15. The molecule has 2 aromatic rings. The standard InChI is InChI=1S/C21H29N5O/c22-20-14-16(9-10-23-20)18-15-24-25-21(18)19-8-4-5-11-26(19)12-13-27-17-6-2-1-3-7-17/h1-3,6-7,9-10,14,18-19,21,24-25H,4-5,8,11-13,15H2,(H2,22,23). The number of pyridine rings is 1. The van der Waals surface area contributed by atoms with Crippen LogP contribution in [0.5, 0.6) is 5.75 Å². The highest BCUT2D eigenvalue weighted by molar-refractivity contribution is 5.35. The molecule has 2 aliphatic rings. The Bertz CT molecular complexity index is 726. The van der Waals surface area contributed by atoms with Gasteiger partial charge in [-0.25, -0.2) is 4.98 Å². The van der Waals surface area contributed by atoms with Gasteiger partial charge in [-0.05, 0) is 49.2 Å². The fourth-order valence-corrected chi connectivity index (χ4v) is 4.40. The van der Waals surface area contributed by atoms with Crippen LogP contribution in [-0.4, -0.2) is 48.2 Å². The van der Waals surface area contributed by atoms with Crippen LogP contribution in [0.4, 0.5) is 5.82 Å². The van der Waals surface area contributed by atoms with E-state index in [9.17, 15) is 0 Å². The Kier molecular flexibility index (Phi) is 5.87. The SMILES string of the molecule is Nc1cc(C2CNNC2C2CCCCN2CCOc2ccccc2)ccn1. The van der Waals surface area contributed by atoms with E-state index in [1.807, 2.05) is 42.6 Å². The third-order valence-corrected chi connectivity index (χ3v) is 5.73. The summed E-state index contributed by atoms with van der Waals surface area (Å²) in [5, 5.41) is 0. The summed E-state index contributed by atoms with van der Waals surface area (Å²) in [4.78, 5) is 6.73. The number of nitrogens with one attached hydrogen (secondary N) is 2.